The number of nitrogens with two attached hydrogens (primary N) is 1. The molecule has 1 aromatic heterocycles. The summed E-state index contributed by atoms with van der Waals surface area (Å²) in [5.74, 6) is 0.274. The fourth-order valence-corrected chi connectivity index (χ4v) is 4.54. The minimum atomic E-state index is -3.54. The maximum atomic E-state index is 12.6. The van der Waals surface area contributed by atoms with E-state index in [1.807, 2.05) is 0 Å². The van der Waals surface area contributed by atoms with Gasteiger partial charge in [0.2, 0.25) is 15.9 Å². The molecule has 1 unspecified atom stereocenters. The Morgan fingerprint density at radius 3 is 2.60 bits per heavy atom. The van der Waals surface area contributed by atoms with Crippen LogP contribution in [0.4, 0.5) is 0 Å². The molecule has 0 spiro atoms. The Balaban J connectivity index is 1.92. The lowest BCUT2D eigenvalue weighted by Gasteiger charge is -2.31. The van der Waals surface area contributed by atoms with Gasteiger partial charge in [0, 0.05) is 44.0 Å². The van der Waals surface area contributed by atoms with Crippen LogP contribution in [-0.4, -0.2) is 49.3 Å². The minimum absolute atomic E-state index is 0.0190. The fourth-order valence-electron chi connectivity index (χ4n) is 3.11. The number of rotatable bonds is 7. The second kappa shape index (κ2) is 8.73. The molecule has 1 aliphatic rings. The van der Waals surface area contributed by atoms with Crippen LogP contribution < -0.4 is 11.1 Å². The Kier molecular flexibility index (Phi) is 6.92. The van der Waals surface area contributed by atoms with Crippen molar-refractivity contribution in [3.05, 3.63) is 24.5 Å². The molecule has 1 amide bonds. The number of carbonyl (C=O) groups is 1. The van der Waals surface area contributed by atoms with Crippen molar-refractivity contribution in [2.75, 3.05) is 19.6 Å². The van der Waals surface area contributed by atoms with Crippen LogP contribution in [0.5, 0.6) is 0 Å². The zero-order chi connectivity index (χ0) is 18.4. The number of amides is 1. The van der Waals surface area contributed by atoms with E-state index in [2.05, 4.69) is 24.1 Å². The summed E-state index contributed by atoms with van der Waals surface area (Å²) in [6.07, 6.45) is 4.78. The van der Waals surface area contributed by atoms with Crippen molar-refractivity contribution in [2.45, 2.75) is 44.0 Å². The van der Waals surface area contributed by atoms with Gasteiger partial charge in [0.1, 0.15) is 4.90 Å². The highest BCUT2D eigenvalue weighted by atomic mass is 32.2. The first-order chi connectivity index (χ1) is 11.8. The van der Waals surface area contributed by atoms with Gasteiger partial charge in [-0.2, -0.15) is 4.31 Å². The number of carbonyl (C=O) groups excluding carboxylic acids is 1. The molecule has 1 fully saturated rings. The second-order valence-electron chi connectivity index (χ2n) is 6.94. The molecule has 2 rings (SSSR count). The average Bonchev–Trinajstić information content (AvgIpc) is 2.61. The number of pyridine rings is 1. The molecule has 1 atom stereocenters. The maximum Gasteiger partial charge on any atom is 0.244 e. The zero-order valence-corrected chi connectivity index (χ0v) is 15.7. The molecule has 25 heavy (non-hydrogen) atoms. The Morgan fingerprint density at radius 2 is 2.08 bits per heavy atom. The summed E-state index contributed by atoms with van der Waals surface area (Å²) in [4.78, 5) is 16.5. The number of nitrogens with zero attached hydrogens (tertiary/aromatic N) is 2. The fraction of sp³-hybridized carbons (Fsp3) is 0.647. The first-order valence-electron chi connectivity index (χ1n) is 8.75. The summed E-state index contributed by atoms with van der Waals surface area (Å²) in [6.45, 7) is 5.28. The highest BCUT2D eigenvalue weighted by Crippen LogP contribution is 2.23. The second-order valence-corrected chi connectivity index (χ2v) is 8.88. The van der Waals surface area contributed by atoms with Crippen molar-refractivity contribution in [3.8, 4) is 0 Å². The Morgan fingerprint density at radius 1 is 1.40 bits per heavy atom. The van der Waals surface area contributed by atoms with Crippen molar-refractivity contribution < 1.29 is 13.2 Å². The highest BCUT2D eigenvalue weighted by molar-refractivity contribution is 7.89. The molecule has 7 nitrogen and oxygen atoms in total. The van der Waals surface area contributed by atoms with E-state index in [1.54, 1.807) is 18.3 Å². The van der Waals surface area contributed by atoms with Crippen molar-refractivity contribution in [1.29, 1.82) is 0 Å². The van der Waals surface area contributed by atoms with Gasteiger partial charge in [-0.25, -0.2) is 8.42 Å². The van der Waals surface area contributed by atoms with E-state index in [9.17, 15) is 13.2 Å². The first-order valence-corrected chi connectivity index (χ1v) is 10.2. The van der Waals surface area contributed by atoms with Crippen molar-refractivity contribution in [3.63, 3.8) is 0 Å². The van der Waals surface area contributed by atoms with E-state index in [4.69, 9.17) is 5.73 Å². The molecule has 0 aromatic carbocycles. The van der Waals surface area contributed by atoms with Gasteiger partial charge in [0.25, 0.3) is 0 Å². The predicted molar refractivity (Wildman–Crippen MR) is 96.2 cm³/mol. The molecule has 0 bridgehead atoms. The molecular weight excluding hydrogens is 340 g/mol. The van der Waals surface area contributed by atoms with Crippen molar-refractivity contribution in [1.82, 2.24) is 14.6 Å². The number of sulfonamides is 1. The lowest BCUT2D eigenvalue weighted by molar-refractivity contribution is -0.126. The molecule has 3 N–H and O–H groups in total. The number of nitrogens with one attached hydrogen (secondary N) is 1. The molecule has 2 heterocycles. The monoisotopic (exact) mass is 368 g/mol. The molecule has 0 radical (unpaired) electrons. The zero-order valence-electron chi connectivity index (χ0n) is 14.9. The summed E-state index contributed by atoms with van der Waals surface area (Å²) < 4.78 is 26.6. The van der Waals surface area contributed by atoms with Crippen LogP contribution >= 0.6 is 0 Å². The van der Waals surface area contributed by atoms with E-state index in [0.717, 1.165) is 6.42 Å². The van der Waals surface area contributed by atoms with Gasteiger partial charge in [-0.05, 0) is 37.3 Å². The van der Waals surface area contributed by atoms with Crippen LogP contribution in [0.25, 0.3) is 0 Å². The average molecular weight is 369 g/mol. The van der Waals surface area contributed by atoms with Gasteiger partial charge >= 0.3 is 0 Å². The standard InChI is InChI=1S/C17H28N4O3S/c1-13(2)10-15(11-18)20-17(22)14-5-8-21(9-6-14)25(23,24)16-4-3-7-19-12-16/h3-4,7,12-15H,5-6,8-11,18H2,1-2H3,(H,20,22). The quantitative estimate of drug-likeness (QED) is 0.746. The molecule has 0 saturated carbocycles. The van der Waals surface area contributed by atoms with Gasteiger partial charge in [0.15, 0.2) is 0 Å². The van der Waals surface area contributed by atoms with Crippen LogP contribution in [0.15, 0.2) is 29.4 Å². The summed E-state index contributed by atoms with van der Waals surface area (Å²) in [7, 11) is -3.54. The Labute approximate surface area is 150 Å². The minimum Gasteiger partial charge on any atom is -0.352 e. The van der Waals surface area contributed by atoms with Gasteiger partial charge in [-0.15, -0.1) is 0 Å². The largest absolute Gasteiger partial charge is 0.352 e. The van der Waals surface area contributed by atoms with Crippen molar-refractivity contribution in [2.24, 2.45) is 17.6 Å². The van der Waals surface area contributed by atoms with Crippen LogP contribution in [0.1, 0.15) is 33.1 Å². The molecule has 1 saturated heterocycles. The van der Waals surface area contributed by atoms with Crippen LogP contribution in [0.3, 0.4) is 0 Å². The number of piperidine rings is 1. The molecule has 8 heteroatoms. The summed E-state index contributed by atoms with van der Waals surface area (Å²) in [5.41, 5.74) is 5.73. The van der Waals surface area contributed by atoms with E-state index in [-0.39, 0.29) is 22.8 Å². The molecule has 1 aromatic rings. The van der Waals surface area contributed by atoms with Crippen LogP contribution in [0, 0.1) is 11.8 Å². The first kappa shape index (κ1) is 19.8. The third-order valence-electron chi connectivity index (χ3n) is 4.48. The third kappa shape index (κ3) is 5.23. The van der Waals surface area contributed by atoms with Crippen molar-refractivity contribution >= 4 is 15.9 Å². The summed E-state index contributed by atoms with van der Waals surface area (Å²) in [6, 6.07) is 3.12. The van der Waals surface area contributed by atoms with Gasteiger partial charge in [-0.1, -0.05) is 13.8 Å². The lowest BCUT2D eigenvalue weighted by atomic mass is 9.96. The van der Waals surface area contributed by atoms with Gasteiger partial charge in [-0.3, -0.25) is 9.78 Å². The Hall–Kier alpha value is -1.51. The topological polar surface area (TPSA) is 105 Å². The van der Waals surface area contributed by atoms with Crippen LogP contribution in [0.2, 0.25) is 0 Å². The third-order valence-corrected chi connectivity index (χ3v) is 6.37. The van der Waals surface area contributed by atoms with E-state index >= 15 is 0 Å². The van der Waals surface area contributed by atoms with Crippen LogP contribution in [-0.2, 0) is 14.8 Å². The summed E-state index contributed by atoms with van der Waals surface area (Å²) in [5, 5.41) is 3.01. The van der Waals surface area contributed by atoms with E-state index < -0.39 is 10.0 Å². The van der Waals surface area contributed by atoms with Gasteiger partial charge in [0.05, 0.1) is 0 Å². The predicted octanol–water partition coefficient (Wildman–Crippen LogP) is 0.972. The summed E-state index contributed by atoms with van der Waals surface area (Å²) >= 11 is 0. The lowest BCUT2D eigenvalue weighted by Crippen LogP contribution is -2.47. The number of hydrogen-bond donors (Lipinski definition) is 2. The maximum absolute atomic E-state index is 12.6. The molecular formula is C17H28N4O3S. The SMILES string of the molecule is CC(C)CC(CN)NC(=O)C1CCN(S(=O)(=O)c2cccnc2)CC1. The smallest absolute Gasteiger partial charge is 0.244 e. The normalized spacial score (nSPS) is 18.2. The van der Waals surface area contributed by atoms with E-state index in [0.29, 0.717) is 38.4 Å². The highest BCUT2D eigenvalue weighted by Gasteiger charge is 2.32. The molecule has 0 aliphatic carbocycles. The Bertz CT molecular complexity index is 656. The molecule has 140 valence electrons. The number of hydrogen-bond acceptors (Lipinski definition) is 5. The van der Waals surface area contributed by atoms with Gasteiger partial charge < -0.3 is 11.1 Å². The number of aromatic nitrogens is 1. The van der Waals surface area contributed by atoms with E-state index in [1.165, 1.54) is 10.5 Å². The molecule has 1 aliphatic heterocycles.